The molecule has 0 aliphatic heterocycles. The molecule has 1 heteroatoms. The first-order valence-electron chi connectivity index (χ1n) is 6.05. The number of hydrogen-bond acceptors (Lipinski definition) is 0. The number of aromatic amines is 1. The fourth-order valence-corrected chi connectivity index (χ4v) is 2.67. The number of fused-ring (bicyclic) bond motifs is 3. The SMILES string of the molecule is C=C(C)c1ccc2[nH]c3c(c2c1)CCCC3. The average molecular weight is 211 g/mol. The quantitative estimate of drug-likeness (QED) is 0.731. The van der Waals surface area contributed by atoms with Gasteiger partial charge in [0.2, 0.25) is 0 Å². The first-order chi connectivity index (χ1) is 7.75. The van der Waals surface area contributed by atoms with Crippen molar-refractivity contribution in [2.45, 2.75) is 32.6 Å². The Morgan fingerprint density at radius 1 is 1.25 bits per heavy atom. The number of H-pyrrole nitrogens is 1. The summed E-state index contributed by atoms with van der Waals surface area (Å²) in [5, 5.41) is 1.41. The summed E-state index contributed by atoms with van der Waals surface area (Å²) in [6, 6.07) is 6.64. The van der Waals surface area contributed by atoms with E-state index in [9.17, 15) is 0 Å². The Morgan fingerprint density at radius 2 is 2.06 bits per heavy atom. The van der Waals surface area contributed by atoms with E-state index in [1.54, 1.807) is 5.56 Å². The summed E-state index contributed by atoms with van der Waals surface area (Å²) in [4.78, 5) is 3.55. The van der Waals surface area contributed by atoms with Gasteiger partial charge < -0.3 is 4.98 Å². The molecule has 16 heavy (non-hydrogen) atoms. The van der Waals surface area contributed by atoms with Gasteiger partial charge in [-0.3, -0.25) is 0 Å². The molecule has 1 N–H and O–H groups in total. The third kappa shape index (κ3) is 1.39. The third-order valence-corrected chi connectivity index (χ3v) is 3.59. The van der Waals surface area contributed by atoms with E-state index in [1.807, 2.05) is 0 Å². The predicted molar refractivity (Wildman–Crippen MR) is 69.6 cm³/mol. The van der Waals surface area contributed by atoms with Crippen LogP contribution in [-0.2, 0) is 12.8 Å². The van der Waals surface area contributed by atoms with Crippen LogP contribution in [0.15, 0.2) is 24.8 Å². The molecule has 1 aromatic heterocycles. The number of aryl methyl sites for hydroxylation is 2. The van der Waals surface area contributed by atoms with Crippen molar-refractivity contribution in [1.82, 2.24) is 4.98 Å². The van der Waals surface area contributed by atoms with Gasteiger partial charge in [-0.1, -0.05) is 18.2 Å². The van der Waals surface area contributed by atoms with E-state index in [2.05, 4.69) is 36.7 Å². The van der Waals surface area contributed by atoms with Gasteiger partial charge in [0, 0.05) is 16.6 Å². The standard InChI is InChI=1S/C15H17N/c1-10(2)11-7-8-15-13(9-11)12-5-3-4-6-14(12)16-15/h7-9,16H,1,3-6H2,2H3. The van der Waals surface area contributed by atoms with Gasteiger partial charge in [0.05, 0.1) is 0 Å². The third-order valence-electron chi connectivity index (χ3n) is 3.59. The summed E-state index contributed by atoms with van der Waals surface area (Å²) in [6.07, 6.45) is 5.10. The Bertz CT molecular complexity index is 560. The normalized spacial score (nSPS) is 15.1. The van der Waals surface area contributed by atoms with Crippen molar-refractivity contribution < 1.29 is 0 Å². The maximum absolute atomic E-state index is 4.02. The van der Waals surface area contributed by atoms with Crippen LogP contribution in [0.1, 0.15) is 36.6 Å². The van der Waals surface area contributed by atoms with Crippen molar-refractivity contribution in [2.24, 2.45) is 0 Å². The molecule has 1 nitrogen and oxygen atoms in total. The average Bonchev–Trinajstić information content (AvgIpc) is 2.66. The number of aromatic nitrogens is 1. The van der Waals surface area contributed by atoms with Crippen molar-refractivity contribution in [3.05, 3.63) is 41.6 Å². The molecule has 1 aromatic carbocycles. The van der Waals surface area contributed by atoms with Gasteiger partial charge in [-0.25, -0.2) is 0 Å². The van der Waals surface area contributed by atoms with Gasteiger partial charge in [0.15, 0.2) is 0 Å². The number of rotatable bonds is 1. The zero-order valence-corrected chi connectivity index (χ0v) is 9.77. The predicted octanol–water partition coefficient (Wildman–Crippen LogP) is 4.08. The maximum atomic E-state index is 4.02. The lowest BCUT2D eigenvalue weighted by molar-refractivity contribution is 0.680. The van der Waals surface area contributed by atoms with Crippen LogP contribution in [0.25, 0.3) is 16.5 Å². The Labute approximate surface area is 96.2 Å². The van der Waals surface area contributed by atoms with Crippen LogP contribution in [0.3, 0.4) is 0 Å². The molecule has 0 fully saturated rings. The topological polar surface area (TPSA) is 15.8 Å². The Balaban J connectivity index is 2.25. The fraction of sp³-hybridized carbons (Fsp3) is 0.333. The summed E-state index contributed by atoms with van der Waals surface area (Å²) in [5.74, 6) is 0. The van der Waals surface area contributed by atoms with Crippen LogP contribution in [0.4, 0.5) is 0 Å². The largest absolute Gasteiger partial charge is 0.358 e. The highest BCUT2D eigenvalue weighted by atomic mass is 14.7. The first-order valence-corrected chi connectivity index (χ1v) is 6.05. The summed E-state index contributed by atoms with van der Waals surface area (Å²) >= 11 is 0. The van der Waals surface area contributed by atoms with Crippen molar-refractivity contribution in [1.29, 1.82) is 0 Å². The minimum absolute atomic E-state index is 1.15. The van der Waals surface area contributed by atoms with Gasteiger partial charge in [-0.05, 0) is 55.9 Å². The molecular weight excluding hydrogens is 194 g/mol. The Kier molecular flexibility index (Phi) is 2.13. The summed E-state index contributed by atoms with van der Waals surface area (Å²) in [5.41, 5.74) is 6.70. The second kappa shape index (κ2) is 3.51. The Morgan fingerprint density at radius 3 is 2.88 bits per heavy atom. The number of hydrogen-bond donors (Lipinski definition) is 1. The molecule has 0 unspecified atom stereocenters. The van der Waals surface area contributed by atoms with E-state index >= 15 is 0 Å². The highest BCUT2D eigenvalue weighted by Crippen LogP contribution is 2.30. The Hall–Kier alpha value is -1.50. The lowest BCUT2D eigenvalue weighted by Crippen LogP contribution is -1.99. The molecule has 0 atom stereocenters. The van der Waals surface area contributed by atoms with Gasteiger partial charge in [-0.15, -0.1) is 0 Å². The second-order valence-corrected chi connectivity index (χ2v) is 4.83. The molecule has 1 aliphatic carbocycles. The van der Waals surface area contributed by atoms with E-state index in [-0.39, 0.29) is 0 Å². The molecule has 2 aromatic rings. The van der Waals surface area contributed by atoms with Crippen LogP contribution in [0.2, 0.25) is 0 Å². The van der Waals surface area contributed by atoms with Gasteiger partial charge in [0.1, 0.15) is 0 Å². The lowest BCUT2D eigenvalue weighted by atomic mass is 9.94. The second-order valence-electron chi connectivity index (χ2n) is 4.83. The molecule has 1 aliphatic rings. The van der Waals surface area contributed by atoms with Crippen molar-refractivity contribution in [3.63, 3.8) is 0 Å². The molecule has 3 rings (SSSR count). The molecule has 0 bridgehead atoms. The summed E-state index contributed by atoms with van der Waals surface area (Å²) in [7, 11) is 0. The molecule has 0 amide bonds. The molecular formula is C15H17N. The maximum Gasteiger partial charge on any atom is 0.0459 e. The first kappa shape index (κ1) is 9.71. The van der Waals surface area contributed by atoms with Crippen molar-refractivity contribution in [2.75, 3.05) is 0 Å². The van der Waals surface area contributed by atoms with E-state index in [0.29, 0.717) is 0 Å². The minimum atomic E-state index is 1.15. The van der Waals surface area contributed by atoms with Crippen LogP contribution in [0.5, 0.6) is 0 Å². The molecule has 82 valence electrons. The lowest BCUT2D eigenvalue weighted by Gasteiger charge is -2.10. The van der Waals surface area contributed by atoms with E-state index in [4.69, 9.17) is 0 Å². The number of nitrogens with one attached hydrogen (secondary N) is 1. The van der Waals surface area contributed by atoms with E-state index in [0.717, 1.165) is 5.57 Å². The van der Waals surface area contributed by atoms with Gasteiger partial charge >= 0.3 is 0 Å². The zero-order valence-electron chi connectivity index (χ0n) is 9.77. The molecule has 0 saturated heterocycles. The highest BCUT2D eigenvalue weighted by Gasteiger charge is 2.15. The number of benzene rings is 1. The van der Waals surface area contributed by atoms with Crippen LogP contribution >= 0.6 is 0 Å². The van der Waals surface area contributed by atoms with Crippen LogP contribution in [0, 0.1) is 0 Å². The zero-order chi connectivity index (χ0) is 11.1. The smallest absolute Gasteiger partial charge is 0.0459 e. The molecule has 0 spiro atoms. The summed E-state index contributed by atoms with van der Waals surface area (Å²) < 4.78 is 0. The van der Waals surface area contributed by atoms with Gasteiger partial charge in [-0.2, -0.15) is 0 Å². The van der Waals surface area contributed by atoms with Crippen LogP contribution in [-0.4, -0.2) is 4.98 Å². The minimum Gasteiger partial charge on any atom is -0.358 e. The van der Waals surface area contributed by atoms with Gasteiger partial charge in [0.25, 0.3) is 0 Å². The van der Waals surface area contributed by atoms with E-state index in [1.165, 1.54) is 47.8 Å². The molecule has 0 radical (unpaired) electrons. The highest BCUT2D eigenvalue weighted by molar-refractivity contribution is 5.88. The fourth-order valence-electron chi connectivity index (χ4n) is 2.67. The number of allylic oxidation sites excluding steroid dienone is 1. The van der Waals surface area contributed by atoms with Crippen molar-refractivity contribution >= 4 is 16.5 Å². The van der Waals surface area contributed by atoms with Crippen LogP contribution < -0.4 is 0 Å². The molecule has 1 heterocycles. The summed E-state index contributed by atoms with van der Waals surface area (Å²) in [6.45, 7) is 6.09. The van der Waals surface area contributed by atoms with Crippen molar-refractivity contribution in [3.8, 4) is 0 Å². The van der Waals surface area contributed by atoms with E-state index < -0.39 is 0 Å². The molecule has 0 saturated carbocycles. The monoisotopic (exact) mass is 211 g/mol.